The fourth-order valence-electron chi connectivity index (χ4n) is 2.22. The van der Waals surface area contributed by atoms with Crippen LogP contribution in [0.15, 0.2) is 51.4 Å². The van der Waals surface area contributed by atoms with E-state index in [1.54, 1.807) is 25.2 Å². The second kappa shape index (κ2) is 6.50. The zero-order chi connectivity index (χ0) is 15.6. The lowest BCUT2D eigenvalue weighted by Gasteiger charge is -2.23. The Bertz CT molecular complexity index is 641. The van der Waals surface area contributed by atoms with Crippen molar-refractivity contribution in [3.8, 4) is 0 Å². The summed E-state index contributed by atoms with van der Waals surface area (Å²) in [7, 11) is 1.65. The molecule has 0 saturated heterocycles. The first-order valence-electron chi connectivity index (χ1n) is 6.13. The molecule has 2 aromatic rings. The van der Waals surface area contributed by atoms with Crippen molar-refractivity contribution in [1.82, 2.24) is 5.32 Å². The van der Waals surface area contributed by atoms with E-state index >= 15 is 0 Å². The standard InChI is InChI=1S/C15H12Br2F3N/c1-21-14(11-7-6-9(16)8-13(11)17)10-4-2-3-5-12(10)15(18,19)20/h2-8,14,21H,1H3. The third kappa shape index (κ3) is 3.67. The Labute approximate surface area is 137 Å². The summed E-state index contributed by atoms with van der Waals surface area (Å²) in [4.78, 5) is 0. The van der Waals surface area contributed by atoms with E-state index < -0.39 is 17.8 Å². The average molecular weight is 423 g/mol. The quantitative estimate of drug-likeness (QED) is 0.684. The zero-order valence-electron chi connectivity index (χ0n) is 11.0. The largest absolute Gasteiger partial charge is 0.416 e. The van der Waals surface area contributed by atoms with Crippen LogP contribution in [0, 0.1) is 0 Å². The monoisotopic (exact) mass is 421 g/mol. The minimum Gasteiger partial charge on any atom is -0.309 e. The van der Waals surface area contributed by atoms with E-state index in [2.05, 4.69) is 37.2 Å². The Balaban J connectivity index is 2.57. The lowest BCUT2D eigenvalue weighted by Crippen LogP contribution is -2.22. The molecular formula is C15H12Br2F3N. The zero-order valence-corrected chi connectivity index (χ0v) is 14.2. The minimum absolute atomic E-state index is 0.204. The summed E-state index contributed by atoms with van der Waals surface area (Å²) < 4.78 is 41.1. The molecule has 2 aromatic carbocycles. The second-order valence-corrected chi connectivity index (χ2v) is 6.24. The molecule has 6 heteroatoms. The van der Waals surface area contributed by atoms with E-state index in [0.29, 0.717) is 0 Å². The molecule has 0 spiro atoms. The van der Waals surface area contributed by atoms with E-state index in [4.69, 9.17) is 0 Å². The maximum absolute atomic E-state index is 13.2. The second-order valence-electron chi connectivity index (χ2n) is 4.47. The number of nitrogens with one attached hydrogen (secondary N) is 1. The smallest absolute Gasteiger partial charge is 0.309 e. The van der Waals surface area contributed by atoms with Gasteiger partial charge in [-0.05, 0) is 36.4 Å². The molecule has 0 aliphatic heterocycles. The van der Waals surface area contributed by atoms with Crippen LogP contribution in [0.3, 0.4) is 0 Å². The van der Waals surface area contributed by atoms with Crippen molar-refractivity contribution in [2.24, 2.45) is 0 Å². The van der Waals surface area contributed by atoms with Crippen molar-refractivity contribution < 1.29 is 13.2 Å². The van der Waals surface area contributed by atoms with Crippen molar-refractivity contribution >= 4 is 31.9 Å². The van der Waals surface area contributed by atoms with Crippen LogP contribution in [0.4, 0.5) is 13.2 Å². The Morgan fingerprint density at radius 1 is 1.00 bits per heavy atom. The van der Waals surface area contributed by atoms with E-state index in [1.165, 1.54) is 12.1 Å². The fourth-order valence-corrected chi connectivity index (χ4v) is 3.50. The molecule has 0 amide bonds. The first-order valence-corrected chi connectivity index (χ1v) is 7.71. The molecule has 1 atom stereocenters. The summed E-state index contributed by atoms with van der Waals surface area (Å²) in [5.74, 6) is 0. The van der Waals surface area contributed by atoms with Crippen LogP contribution < -0.4 is 5.32 Å². The van der Waals surface area contributed by atoms with Gasteiger partial charge < -0.3 is 5.32 Å². The molecule has 21 heavy (non-hydrogen) atoms. The van der Waals surface area contributed by atoms with Gasteiger partial charge in [-0.25, -0.2) is 0 Å². The first-order chi connectivity index (χ1) is 9.84. The highest BCUT2D eigenvalue weighted by molar-refractivity contribution is 9.11. The molecule has 0 aliphatic rings. The lowest BCUT2D eigenvalue weighted by atomic mass is 9.94. The third-order valence-electron chi connectivity index (χ3n) is 3.14. The number of benzene rings is 2. The summed E-state index contributed by atoms with van der Waals surface area (Å²) in [5.41, 5.74) is 0.326. The van der Waals surface area contributed by atoms with E-state index in [0.717, 1.165) is 20.6 Å². The Hall–Kier alpha value is -0.850. The summed E-state index contributed by atoms with van der Waals surface area (Å²) in [6.45, 7) is 0. The Morgan fingerprint density at radius 3 is 2.24 bits per heavy atom. The summed E-state index contributed by atoms with van der Waals surface area (Å²) in [6.07, 6.45) is -4.38. The van der Waals surface area contributed by atoms with Crippen LogP contribution in [0.2, 0.25) is 0 Å². The number of halogens is 5. The normalized spacial score (nSPS) is 13.2. The van der Waals surface area contributed by atoms with Gasteiger partial charge in [0.25, 0.3) is 0 Å². The van der Waals surface area contributed by atoms with Gasteiger partial charge in [0.05, 0.1) is 11.6 Å². The van der Waals surface area contributed by atoms with Gasteiger partial charge in [0.2, 0.25) is 0 Å². The topological polar surface area (TPSA) is 12.0 Å². The van der Waals surface area contributed by atoms with Crippen LogP contribution >= 0.6 is 31.9 Å². The van der Waals surface area contributed by atoms with Crippen molar-refractivity contribution in [2.45, 2.75) is 12.2 Å². The van der Waals surface area contributed by atoms with Gasteiger partial charge in [-0.2, -0.15) is 13.2 Å². The molecule has 0 heterocycles. The molecule has 1 N–H and O–H groups in total. The van der Waals surface area contributed by atoms with Gasteiger partial charge >= 0.3 is 6.18 Å². The van der Waals surface area contributed by atoms with Crippen LogP contribution in [0.25, 0.3) is 0 Å². The fraction of sp³-hybridized carbons (Fsp3) is 0.200. The van der Waals surface area contributed by atoms with E-state index in [-0.39, 0.29) is 5.56 Å². The van der Waals surface area contributed by atoms with Crippen LogP contribution in [0.5, 0.6) is 0 Å². The highest BCUT2D eigenvalue weighted by atomic mass is 79.9. The summed E-state index contributed by atoms with van der Waals surface area (Å²) >= 11 is 6.75. The van der Waals surface area contributed by atoms with E-state index in [9.17, 15) is 13.2 Å². The third-order valence-corrected chi connectivity index (χ3v) is 4.32. The molecule has 0 radical (unpaired) electrons. The van der Waals surface area contributed by atoms with E-state index in [1.807, 2.05) is 6.07 Å². The van der Waals surface area contributed by atoms with Crippen LogP contribution in [0.1, 0.15) is 22.7 Å². The van der Waals surface area contributed by atoms with Gasteiger partial charge in [-0.15, -0.1) is 0 Å². The molecule has 0 saturated carbocycles. The van der Waals surface area contributed by atoms with Crippen molar-refractivity contribution in [3.05, 3.63) is 68.1 Å². The Kier molecular flexibility index (Phi) is 5.11. The van der Waals surface area contributed by atoms with Gasteiger partial charge in [0.15, 0.2) is 0 Å². The molecule has 2 rings (SSSR count). The lowest BCUT2D eigenvalue weighted by molar-refractivity contribution is -0.138. The van der Waals surface area contributed by atoms with Gasteiger partial charge in [0, 0.05) is 8.95 Å². The summed E-state index contributed by atoms with van der Waals surface area (Å²) in [5, 5.41) is 2.96. The molecule has 112 valence electrons. The molecule has 1 nitrogen and oxygen atoms in total. The molecule has 0 aromatic heterocycles. The van der Waals surface area contributed by atoms with Crippen LogP contribution in [-0.2, 0) is 6.18 Å². The molecule has 0 fully saturated rings. The SMILES string of the molecule is CNC(c1ccc(Br)cc1Br)c1ccccc1C(F)(F)F. The highest BCUT2D eigenvalue weighted by Crippen LogP contribution is 2.38. The van der Waals surface area contributed by atoms with Crippen molar-refractivity contribution in [2.75, 3.05) is 7.05 Å². The maximum atomic E-state index is 13.2. The van der Waals surface area contributed by atoms with Gasteiger partial charge in [0.1, 0.15) is 0 Å². The van der Waals surface area contributed by atoms with Gasteiger partial charge in [-0.1, -0.05) is 56.1 Å². The molecule has 0 aliphatic carbocycles. The van der Waals surface area contributed by atoms with Crippen molar-refractivity contribution in [1.29, 1.82) is 0 Å². The minimum atomic E-state index is -4.38. The molecule has 0 bridgehead atoms. The maximum Gasteiger partial charge on any atom is 0.416 e. The van der Waals surface area contributed by atoms with Gasteiger partial charge in [-0.3, -0.25) is 0 Å². The highest BCUT2D eigenvalue weighted by Gasteiger charge is 2.35. The Morgan fingerprint density at radius 2 is 1.67 bits per heavy atom. The number of rotatable bonds is 3. The predicted octanol–water partition coefficient (Wildman–Crippen LogP) is 5.54. The van der Waals surface area contributed by atoms with Crippen LogP contribution in [-0.4, -0.2) is 7.05 Å². The molecular weight excluding hydrogens is 411 g/mol. The summed E-state index contributed by atoms with van der Waals surface area (Å²) in [6, 6.07) is 10.5. The first kappa shape index (κ1) is 16.5. The average Bonchev–Trinajstić information content (AvgIpc) is 2.41. The molecule has 1 unspecified atom stereocenters. The number of alkyl halides is 3. The number of hydrogen-bond donors (Lipinski definition) is 1. The number of hydrogen-bond acceptors (Lipinski definition) is 1. The predicted molar refractivity (Wildman–Crippen MR) is 84.2 cm³/mol. The van der Waals surface area contributed by atoms with Crippen molar-refractivity contribution in [3.63, 3.8) is 0 Å².